The summed E-state index contributed by atoms with van der Waals surface area (Å²) in [4.78, 5) is 17.5. The normalized spacial score (nSPS) is 12.4. The van der Waals surface area contributed by atoms with Gasteiger partial charge in [0, 0.05) is 35.7 Å². The van der Waals surface area contributed by atoms with Crippen LogP contribution in [0.3, 0.4) is 0 Å². The van der Waals surface area contributed by atoms with Crippen LogP contribution in [0, 0.1) is 5.82 Å². The maximum Gasteiger partial charge on any atom is 0.221 e. The van der Waals surface area contributed by atoms with Crippen LogP contribution in [0.4, 0.5) is 4.39 Å². The lowest BCUT2D eigenvalue weighted by atomic mass is 10.2. The second kappa shape index (κ2) is 7.81. The smallest absolute Gasteiger partial charge is 0.221 e. The van der Waals surface area contributed by atoms with Crippen LogP contribution in [0.25, 0.3) is 4.96 Å². The number of hydrogen-bond acceptors (Lipinski definition) is 4. The van der Waals surface area contributed by atoms with Crippen molar-refractivity contribution in [1.29, 1.82) is 0 Å². The first kappa shape index (κ1) is 17.0. The number of nitrogens with one attached hydrogen (secondary N) is 1. The van der Waals surface area contributed by atoms with E-state index in [2.05, 4.69) is 10.3 Å². The van der Waals surface area contributed by atoms with E-state index in [0.29, 0.717) is 6.42 Å². The molecule has 0 spiro atoms. The van der Waals surface area contributed by atoms with Gasteiger partial charge in [-0.2, -0.15) is 11.8 Å². The predicted molar refractivity (Wildman–Crippen MR) is 96.8 cm³/mol. The van der Waals surface area contributed by atoms with Gasteiger partial charge in [0.05, 0.1) is 11.7 Å². The molecule has 4 nitrogen and oxygen atoms in total. The SMILES string of the molecule is CC(NC(=O)CCSCc1ccc(F)cc1)c1cn2ccsc2n1. The second-order valence-electron chi connectivity index (χ2n) is 5.48. The van der Waals surface area contributed by atoms with Crippen LogP contribution < -0.4 is 5.32 Å². The summed E-state index contributed by atoms with van der Waals surface area (Å²) in [5, 5.41) is 4.96. The van der Waals surface area contributed by atoms with E-state index in [-0.39, 0.29) is 17.8 Å². The van der Waals surface area contributed by atoms with Crippen molar-refractivity contribution < 1.29 is 9.18 Å². The molecule has 1 atom stereocenters. The molecule has 0 saturated heterocycles. The molecule has 1 N–H and O–H groups in total. The van der Waals surface area contributed by atoms with E-state index >= 15 is 0 Å². The zero-order valence-corrected chi connectivity index (χ0v) is 14.9. The molecule has 0 radical (unpaired) electrons. The number of imidazole rings is 1. The van der Waals surface area contributed by atoms with Crippen LogP contribution in [0.5, 0.6) is 0 Å². The van der Waals surface area contributed by atoms with Crippen molar-refractivity contribution in [3.05, 3.63) is 59.1 Å². The highest BCUT2D eigenvalue weighted by Crippen LogP contribution is 2.17. The predicted octanol–water partition coefficient (Wildman–Crippen LogP) is 4.04. The van der Waals surface area contributed by atoms with E-state index in [9.17, 15) is 9.18 Å². The first-order valence-corrected chi connectivity index (χ1v) is 9.69. The average Bonchev–Trinajstić information content (AvgIpc) is 3.15. The number of benzene rings is 1. The Morgan fingerprint density at radius 3 is 2.96 bits per heavy atom. The summed E-state index contributed by atoms with van der Waals surface area (Å²) in [6, 6.07) is 6.36. The minimum Gasteiger partial charge on any atom is -0.348 e. The van der Waals surface area contributed by atoms with E-state index in [0.717, 1.165) is 27.7 Å². The van der Waals surface area contributed by atoms with E-state index in [1.54, 1.807) is 35.2 Å². The number of nitrogens with zero attached hydrogens (tertiary/aromatic N) is 2. The maximum absolute atomic E-state index is 12.8. The Morgan fingerprint density at radius 1 is 1.42 bits per heavy atom. The van der Waals surface area contributed by atoms with Crippen LogP contribution in [0.2, 0.25) is 0 Å². The summed E-state index contributed by atoms with van der Waals surface area (Å²) in [7, 11) is 0. The van der Waals surface area contributed by atoms with Crippen molar-refractivity contribution in [3.8, 4) is 0 Å². The van der Waals surface area contributed by atoms with Gasteiger partial charge in [-0.1, -0.05) is 12.1 Å². The number of amides is 1. The average molecular weight is 363 g/mol. The lowest BCUT2D eigenvalue weighted by Crippen LogP contribution is -2.27. The highest BCUT2D eigenvalue weighted by Gasteiger charge is 2.13. The lowest BCUT2D eigenvalue weighted by Gasteiger charge is -2.11. The van der Waals surface area contributed by atoms with Gasteiger partial charge in [0.15, 0.2) is 4.96 Å². The van der Waals surface area contributed by atoms with Crippen LogP contribution >= 0.6 is 23.1 Å². The molecule has 0 fully saturated rings. The molecule has 0 saturated carbocycles. The highest BCUT2D eigenvalue weighted by atomic mass is 32.2. The Morgan fingerprint density at radius 2 is 2.21 bits per heavy atom. The molecular weight excluding hydrogens is 345 g/mol. The number of thioether (sulfide) groups is 1. The Bertz CT molecular complexity index is 784. The minimum absolute atomic E-state index is 0.0189. The molecule has 1 aromatic carbocycles. The number of thiazole rings is 1. The van der Waals surface area contributed by atoms with Crippen molar-refractivity contribution in [2.24, 2.45) is 0 Å². The van der Waals surface area contributed by atoms with Crippen molar-refractivity contribution >= 4 is 34.0 Å². The van der Waals surface area contributed by atoms with Gasteiger partial charge >= 0.3 is 0 Å². The van der Waals surface area contributed by atoms with Crippen LogP contribution in [0.15, 0.2) is 42.0 Å². The highest BCUT2D eigenvalue weighted by molar-refractivity contribution is 7.98. The third kappa shape index (κ3) is 4.36. The van der Waals surface area contributed by atoms with E-state index < -0.39 is 0 Å². The molecule has 0 aliphatic carbocycles. The quantitative estimate of drug-likeness (QED) is 0.645. The summed E-state index contributed by atoms with van der Waals surface area (Å²) in [5.41, 5.74) is 1.93. The van der Waals surface area contributed by atoms with E-state index in [4.69, 9.17) is 0 Å². The fraction of sp³-hybridized carbons (Fsp3) is 0.294. The zero-order chi connectivity index (χ0) is 16.9. The van der Waals surface area contributed by atoms with Gasteiger partial charge in [-0.05, 0) is 24.6 Å². The molecular formula is C17H18FN3OS2. The summed E-state index contributed by atoms with van der Waals surface area (Å²) >= 11 is 3.24. The molecule has 2 aromatic heterocycles. The first-order chi connectivity index (χ1) is 11.6. The largest absolute Gasteiger partial charge is 0.348 e. The molecule has 1 amide bonds. The monoisotopic (exact) mass is 363 g/mol. The standard InChI is InChI=1S/C17H18FN3OS2/c1-12(15-10-21-7-9-24-17(21)20-15)19-16(22)6-8-23-11-13-2-4-14(18)5-3-13/h2-5,7,9-10,12H,6,8,11H2,1H3,(H,19,22). The number of carbonyl (C=O) groups excluding carboxylic acids is 1. The van der Waals surface area contributed by atoms with Crippen molar-refractivity contribution in [2.75, 3.05) is 5.75 Å². The number of rotatable bonds is 7. The molecule has 126 valence electrons. The topological polar surface area (TPSA) is 46.4 Å². The Labute approximate surface area is 148 Å². The Hall–Kier alpha value is -1.86. The van der Waals surface area contributed by atoms with Gasteiger partial charge in [-0.25, -0.2) is 9.37 Å². The number of halogens is 1. The van der Waals surface area contributed by atoms with Crippen molar-refractivity contribution in [2.45, 2.75) is 25.1 Å². The van der Waals surface area contributed by atoms with Gasteiger partial charge in [-0.3, -0.25) is 9.20 Å². The fourth-order valence-corrected chi connectivity index (χ4v) is 3.89. The lowest BCUT2D eigenvalue weighted by molar-refractivity contribution is -0.121. The zero-order valence-electron chi connectivity index (χ0n) is 13.2. The molecule has 0 aliphatic rings. The fourth-order valence-electron chi connectivity index (χ4n) is 2.28. The van der Waals surface area contributed by atoms with Gasteiger partial charge in [0.25, 0.3) is 0 Å². The summed E-state index contributed by atoms with van der Waals surface area (Å²) in [6.45, 7) is 1.94. The molecule has 24 heavy (non-hydrogen) atoms. The van der Waals surface area contributed by atoms with E-state index in [1.165, 1.54) is 12.1 Å². The van der Waals surface area contributed by atoms with Gasteiger partial charge < -0.3 is 5.32 Å². The number of carbonyl (C=O) groups is 1. The molecule has 1 unspecified atom stereocenters. The van der Waals surface area contributed by atoms with Crippen molar-refractivity contribution in [1.82, 2.24) is 14.7 Å². The summed E-state index contributed by atoms with van der Waals surface area (Å²) < 4.78 is 14.8. The van der Waals surface area contributed by atoms with Gasteiger partial charge in [0.1, 0.15) is 5.82 Å². The molecule has 3 rings (SSSR count). The van der Waals surface area contributed by atoms with Gasteiger partial charge in [0.2, 0.25) is 5.91 Å². The van der Waals surface area contributed by atoms with Crippen LogP contribution in [0.1, 0.15) is 30.6 Å². The minimum atomic E-state index is -0.226. The number of hydrogen-bond donors (Lipinski definition) is 1. The molecule has 7 heteroatoms. The number of aromatic nitrogens is 2. The Balaban J connectivity index is 1.40. The third-order valence-corrected chi connectivity index (χ3v) is 5.39. The molecule has 2 heterocycles. The maximum atomic E-state index is 12.8. The summed E-state index contributed by atoms with van der Waals surface area (Å²) in [5.74, 6) is 1.30. The van der Waals surface area contributed by atoms with Crippen LogP contribution in [-0.2, 0) is 10.5 Å². The Kier molecular flexibility index (Phi) is 5.52. The summed E-state index contributed by atoms with van der Waals surface area (Å²) in [6.07, 6.45) is 4.36. The van der Waals surface area contributed by atoms with Crippen LogP contribution in [-0.4, -0.2) is 21.0 Å². The number of fused-ring (bicyclic) bond motifs is 1. The molecule has 3 aromatic rings. The molecule has 0 aliphatic heterocycles. The third-order valence-electron chi connectivity index (χ3n) is 3.59. The first-order valence-electron chi connectivity index (χ1n) is 7.65. The molecule has 0 bridgehead atoms. The van der Waals surface area contributed by atoms with Crippen molar-refractivity contribution in [3.63, 3.8) is 0 Å². The second-order valence-corrected chi connectivity index (χ2v) is 7.46. The van der Waals surface area contributed by atoms with Gasteiger partial charge in [-0.15, -0.1) is 11.3 Å². The van der Waals surface area contributed by atoms with E-state index in [1.807, 2.05) is 29.1 Å².